The highest BCUT2D eigenvalue weighted by Gasteiger charge is 2.29. The van der Waals surface area contributed by atoms with Crippen LogP contribution in [0, 0.1) is 0 Å². The third kappa shape index (κ3) is 8.49. The van der Waals surface area contributed by atoms with Crippen molar-refractivity contribution in [2.45, 2.75) is 65.5 Å². The van der Waals surface area contributed by atoms with Crippen LogP contribution in [0.3, 0.4) is 0 Å². The molecule has 1 atom stereocenters. The number of carboxylic acids is 1. The number of ether oxygens (including phenoxy) is 2. The van der Waals surface area contributed by atoms with Gasteiger partial charge in [0.25, 0.3) is 0 Å². The molecule has 1 unspecified atom stereocenters. The number of carboxylic acid groups (broad SMARTS) is 1. The molecule has 0 aromatic rings. The van der Waals surface area contributed by atoms with Crippen molar-refractivity contribution in [1.29, 1.82) is 0 Å². The molecule has 0 bridgehead atoms. The zero-order chi connectivity index (χ0) is 17.3. The van der Waals surface area contributed by atoms with Gasteiger partial charge in [-0.1, -0.05) is 0 Å². The molecule has 0 aromatic heterocycles. The van der Waals surface area contributed by atoms with Gasteiger partial charge in [0.1, 0.15) is 11.6 Å². The standard InChI is InChI=1S/C15H27NO6/c1-6-21-12(17)9-7-8-10-16(11(2)13(18)19)14(20)22-15(3,4)5/h11H,6-10H2,1-5H3,(H,18,19). The Kier molecular flexibility index (Phi) is 8.52. The van der Waals surface area contributed by atoms with E-state index >= 15 is 0 Å². The maximum Gasteiger partial charge on any atom is 0.411 e. The molecule has 7 nitrogen and oxygen atoms in total. The van der Waals surface area contributed by atoms with Gasteiger partial charge in [-0.3, -0.25) is 9.69 Å². The Labute approximate surface area is 131 Å². The highest BCUT2D eigenvalue weighted by atomic mass is 16.6. The Bertz CT molecular complexity index is 388. The zero-order valence-corrected chi connectivity index (χ0v) is 14.0. The van der Waals surface area contributed by atoms with Crippen LogP contribution in [-0.4, -0.2) is 52.8 Å². The van der Waals surface area contributed by atoms with Crippen molar-refractivity contribution in [3.63, 3.8) is 0 Å². The fourth-order valence-corrected chi connectivity index (χ4v) is 1.68. The smallest absolute Gasteiger partial charge is 0.411 e. The van der Waals surface area contributed by atoms with Gasteiger partial charge in [-0.05, 0) is 47.5 Å². The number of aliphatic carboxylic acids is 1. The molecule has 0 aromatic carbocycles. The van der Waals surface area contributed by atoms with Crippen LogP contribution < -0.4 is 0 Å². The molecule has 0 aliphatic carbocycles. The molecule has 0 heterocycles. The first-order chi connectivity index (χ1) is 10.1. The molecule has 1 N–H and O–H groups in total. The second kappa shape index (κ2) is 9.27. The highest BCUT2D eigenvalue weighted by molar-refractivity contribution is 5.79. The van der Waals surface area contributed by atoms with Crippen molar-refractivity contribution < 1.29 is 29.0 Å². The first-order valence-corrected chi connectivity index (χ1v) is 7.46. The van der Waals surface area contributed by atoms with Crippen molar-refractivity contribution in [1.82, 2.24) is 4.90 Å². The molecule has 0 radical (unpaired) electrons. The van der Waals surface area contributed by atoms with E-state index in [1.165, 1.54) is 11.8 Å². The van der Waals surface area contributed by atoms with Gasteiger partial charge < -0.3 is 14.6 Å². The molecular formula is C15H27NO6. The third-order valence-electron chi connectivity index (χ3n) is 2.79. The molecule has 0 fully saturated rings. The normalized spacial score (nSPS) is 12.4. The van der Waals surface area contributed by atoms with Gasteiger partial charge in [0, 0.05) is 13.0 Å². The first kappa shape index (κ1) is 20.2. The lowest BCUT2D eigenvalue weighted by atomic mass is 10.2. The first-order valence-electron chi connectivity index (χ1n) is 7.46. The van der Waals surface area contributed by atoms with E-state index in [0.29, 0.717) is 19.4 Å². The molecule has 0 saturated heterocycles. The molecule has 0 spiro atoms. The molecule has 0 saturated carbocycles. The lowest BCUT2D eigenvalue weighted by Crippen LogP contribution is -2.46. The van der Waals surface area contributed by atoms with E-state index < -0.39 is 23.7 Å². The molecule has 0 aliphatic heterocycles. The minimum Gasteiger partial charge on any atom is -0.480 e. The summed E-state index contributed by atoms with van der Waals surface area (Å²) < 4.78 is 10.0. The van der Waals surface area contributed by atoms with Gasteiger partial charge in [-0.15, -0.1) is 0 Å². The van der Waals surface area contributed by atoms with Gasteiger partial charge in [-0.2, -0.15) is 0 Å². The summed E-state index contributed by atoms with van der Waals surface area (Å²) in [4.78, 5) is 35.6. The second-order valence-electron chi connectivity index (χ2n) is 5.95. The van der Waals surface area contributed by atoms with E-state index in [9.17, 15) is 14.4 Å². The maximum absolute atomic E-state index is 12.1. The summed E-state index contributed by atoms with van der Waals surface area (Å²) >= 11 is 0. The molecule has 128 valence electrons. The minimum absolute atomic E-state index is 0.210. The summed E-state index contributed by atoms with van der Waals surface area (Å²) in [5.41, 5.74) is -0.696. The highest BCUT2D eigenvalue weighted by Crippen LogP contribution is 2.13. The van der Waals surface area contributed by atoms with Gasteiger partial charge in [0.05, 0.1) is 6.61 Å². The molecule has 0 rings (SSSR count). The van der Waals surface area contributed by atoms with Crippen molar-refractivity contribution in [3.8, 4) is 0 Å². The van der Waals surface area contributed by atoms with E-state index in [1.54, 1.807) is 27.7 Å². The van der Waals surface area contributed by atoms with Crippen molar-refractivity contribution >= 4 is 18.0 Å². The number of carbonyl (C=O) groups excluding carboxylic acids is 2. The quantitative estimate of drug-likeness (QED) is 0.546. The molecular weight excluding hydrogens is 290 g/mol. The average molecular weight is 317 g/mol. The van der Waals surface area contributed by atoms with Gasteiger partial charge in [-0.25, -0.2) is 9.59 Å². The Morgan fingerprint density at radius 3 is 2.23 bits per heavy atom. The number of nitrogens with zero attached hydrogens (tertiary/aromatic N) is 1. The van der Waals surface area contributed by atoms with Crippen LogP contribution in [0.4, 0.5) is 4.79 Å². The molecule has 0 aliphatic rings. The Morgan fingerprint density at radius 1 is 1.18 bits per heavy atom. The predicted molar refractivity (Wildman–Crippen MR) is 80.5 cm³/mol. The fraction of sp³-hybridized carbons (Fsp3) is 0.800. The topological polar surface area (TPSA) is 93.1 Å². The van der Waals surface area contributed by atoms with Crippen molar-refractivity contribution in [2.75, 3.05) is 13.2 Å². The van der Waals surface area contributed by atoms with Crippen LogP contribution in [0.25, 0.3) is 0 Å². The summed E-state index contributed by atoms with van der Waals surface area (Å²) in [6.45, 7) is 8.86. The predicted octanol–water partition coefficient (Wildman–Crippen LogP) is 2.43. The van der Waals surface area contributed by atoms with E-state index in [0.717, 1.165) is 0 Å². The van der Waals surface area contributed by atoms with E-state index in [-0.39, 0.29) is 18.9 Å². The van der Waals surface area contributed by atoms with E-state index in [1.807, 2.05) is 0 Å². The monoisotopic (exact) mass is 317 g/mol. The van der Waals surface area contributed by atoms with Crippen LogP contribution in [0.15, 0.2) is 0 Å². The number of carbonyl (C=O) groups is 3. The van der Waals surface area contributed by atoms with Gasteiger partial charge in [0.2, 0.25) is 0 Å². The number of amides is 1. The summed E-state index contributed by atoms with van der Waals surface area (Å²) in [7, 11) is 0. The third-order valence-corrected chi connectivity index (χ3v) is 2.79. The number of rotatable bonds is 8. The van der Waals surface area contributed by atoms with Crippen LogP contribution in [-0.2, 0) is 19.1 Å². The summed E-state index contributed by atoms with van der Waals surface area (Å²) in [6.07, 6.45) is 0.593. The number of unbranched alkanes of at least 4 members (excludes halogenated alkanes) is 1. The molecule has 7 heteroatoms. The molecule has 22 heavy (non-hydrogen) atoms. The van der Waals surface area contributed by atoms with Crippen LogP contribution in [0.1, 0.15) is 53.9 Å². The summed E-state index contributed by atoms with van der Waals surface area (Å²) in [5.74, 6) is -1.39. The second-order valence-corrected chi connectivity index (χ2v) is 5.95. The average Bonchev–Trinajstić information content (AvgIpc) is 2.35. The van der Waals surface area contributed by atoms with Crippen LogP contribution in [0.2, 0.25) is 0 Å². The number of esters is 1. The van der Waals surface area contributed by atoms with Crippen LogP contribution >= 0.6 is 0 Å². The summed E-state index contributed by atoms with van der Waals surface area (Å²) in [6, 6.07) is -0.988. The molecule has 1 amide bonds. The maximum atomic E-state index is 12.1. The van der Waals surface area contributed by atoms with Crippen molar-refractivity contribution in [3.05, 3.63) is 0 Å². The largest absolute Gasteiger partial charge is 0.480 e. The van der Waals surface area contributed by atoms with Crippen LogP contribution in [0.5, 0.6) is 0 Å². The number of hydrogen-bond donors (Lipinski definition) is 1. The Hall–Kier alpha value is -1.79. The Morgan fingerprint density at radius 2 is 1.77 bits per heavy atom. The SMILES string of the molecule is CCOC(=O)CCCCN(C(=O)OC(C)(C)C)C(C)C(=O)O. The minimum atomic E-state index is -1.10. The van der Waals surface area contributed by atoms with Crippen molar-refractivity contribution in [2.24, 2.45) is 0 Å². The van der Waals surface area contributed by atoms with E-state index in [4.69, 9.17) is 14.6 Å². The lowest BCUT2D eigenvalue weighted by molar-refractivity contribution is -0.144. The zero-order valence-electron chi connectivity index (χ0n) is 14.0. The van der Waals surface area contributed by atoms with Gasteiger partial charge in [0.15, 0.2) is 0 Å². The fourth-order valence-electron chi connectivity index (χ4n) is 1.68. The number of hydrogen-bond acceptors (Lipinski definition) is 5. The summed E-state index contributed by atoms with van der Waals surface area (Å²) in [5, 5.41) is 9.09. The van der Waals surface area contributed by atoms with Gasteiger partial charge >= 0.3 is 18.0 Å². The lowest BCUT2D eigenvalue weighted by Gasteiger charge is -2.29. The van der Waals surface area contributed by atoms with E-state index in [2.05, 4.69) is 0 Å². The Balaban J connectivity index is 4.52.